The summed E-state index contributed by atoms with van der Waals surface area (Å²) in [4.78, 5) is 15.9. The van der Waals surface area contributed by atoms with Crippen LogP contribution in [0.4, 0.5) is 8.78 Å². The van der Waals surface area contributed by atoms with Crippen molar-refractivity contribution in [3.63, 3.8) is 0 Å². The topological polar surface area (TPSA) is 42.0 Å². The van der Waals surface area contributed by atoms with E-state index in [0.29, 0.717) is 6.54 Å². The first-order valence-electron chi connectivity index (χ1n) is 5.71. The lowest BCUT2D eigenvalue weighted by atomic mass is 10.1. The fourth-order valence-electron chi connectivity index (χ4n) is 1.59. The van der Waals surface area contributed by atoms with Crippen molar-refractivity contribution in [3.05, 3.63) is 52.0 Å². The van der Waals surface area contributed by atoms with Crippen molar-refractivity contribution in [3.8, 4) is 0 Å². The first-order valence-corrected chi connectivity index (χ1v) is 6.59. The van der Waals surface area contributed by atoms with Crippen molar-refractivity contribution in [1.82, 2.24) is 10.3 Å². The van der Waals surface area contributed by atoms with Gasteiger partial charge >= 0.3 is 0 Å². The van der Waals surface area contributed by atoms with E-state index in [1.54, 1.807) is 6.20 Å². The Labute approximate surface area is 113 Å². The monoisotopic (exact) mass is 282 g/mol. The molecule has 19 heavy (non-hydrogen) atoms. The highest BCUT2D eigenvalue weighted by molar-refractivity contribution is 7.09. The smallest absolute Gasteiger partial charge is 0.254 e. The van der Waals surface area contributed by atoms with E-state index in [1.165, 1.54) is 23.5 Å². The van der Waals surface area contributed by atoms with Crippen LogP contribution in [0.2, 0.25) is 0 Å². The number of carbonyl (C=O) groups is 1. The summed E-state index contributed by atoms with van der Waals surface area (Å²) in [6, 6.07) is 3.53. The van der Waals surface area contributed by atoms with Crippen LogP contribution >= 0.6 is 11.3 Å². The molecule has 2 rings (SSSR count). The van der Waals surface area contributed by atoms with E-state index in [2.05, 4.69) is 10.3 Å². The Kier molecular flexibility index (Phi) is 4.21. The maximum absolute atomic E-state index is 13.4. The van der Waals surface area contributed by atoms with E-state index in [9.17, 15) is 13.6 Å². The van der Waals surface area contributed by atoms with Crippen LogP contribution in [0.5, 0.6) is 0 Å². The Bertz CT molecular complexity index is 572. The first kappa shape index (κ1) is 13.6. The molecule has 1 N–H and O–H groups in total. The van der Waals surface area contributed by atoms with E-state index in [4.69, 9.17) is 0 Å². The van der Waals surface area contributed by atoms with Crippen molar-refractivity contribution >= 4 is 17.2 Å². The largest absolute Gasteiger partial charge is 0.351 e. The number of rotatable bonds is 4. The van der Waals surface area contributed by atoms with Gasteiger partial charge in [-0.15, -0.1) is 11.3 Å². The Morgan fingerprint density at radius 2 is 2.26 bits per heavy atom. The second-order valence-electron chi connectivity index (χ2n) is 4.08. The van der Waals surface area contributed by atoms with Gasteiger partial charge in [-0.2, -0.15) is 0 Å². The molecule has 2 aromatic rings. The number of hydrogen-bond donors (Lipinski definition) is 1. The van der Waals surface area contributed by atoms with E-state index < -0.39 is 17.5 Å². The highest BCUT2D eigenvalue weighted by atomic mass is 32.1. The van der Waals surface area contributed by atoms with Crippen LogP contribution in [0.25, 0.3) is 0 Å². The number of nitrogens with zero attached hydrogens (tertiary/aromatic N) is 1. The van der Waals surface area contributed by atoms with Crippen LogP contribution in [0, 0.1) is 11.6 Å². The Hall–Kier alpha value is -1.82. The number of halogens is 2. The van der Waals surface area contributed by atoms with Gasteiger partial charge in [0.1, 0.15) is 0 Å². The Balaban J connectivity index is 2.00. The summed E-state index contributed by atoms with van der Waals surface area (Å²) in [6.45, 7) is 2.23. The van der Waals surface area contributed by atoms with Crippen LogP contribution in [-0.2, 0) is 0 Å². The fourth-order valence-corrected chi connectivity index (χ4v) is 2.28. The third kappa shape index (κ3) is 3.14. The molecule has 0 aliphatic carbocycles. The van der Waals surface area contributed by atoms with E-state index in [0.717, 1.165) is 11.1 Å². The molecule has 0 aliphatic rings. The summed E-state index contributed by atoms with van der Waals surface area (Å²) >= 11 is 1.49. The van der Waals surface area contributed by atoms with Crippen molar-refractivity contribution in [2.75, 3.05) is 6.54 Å². The quantitative estimate of drug-likeness (QED) is 0.936. The van der Waals surface area contributed by atoms with Crippen LogP contribution in [-0.4, -0.2) is 17.4 Å². The van der Waals surface area contributed by atoms with Gasteiger partial charge in [-0.1, -0.05) is 13.0 Å². The van der Waals surface area contributed by atoms with Crippen molar-refractivity contribution < 1.29 is 13.6 Å². The van der Waals surface area contributed by atoms with Crippen LogP contribution in [0.1, 0.15) is 28.2 Å². The lowest BCUT2D eigenvalue weighted by Gasteiger charge is -2.10. The average molecular weight is 282 g/mol. The summed E-state index contributed by atoms with van der Waals surface area (Å²) < 4.78 is 26.4. The molecule has 6 heteroatoms. The zero-order valence-corrected chi connectivity index (χ0v) is 11.0. The maximum Gasteiger partial charge on any atom is 0.254 e. The summed E-state index contributed by atoms with van der Waals surface area (Å²) in [5.74, 6) is -2.75. The minimum atomic E-state index is -1.12. The lowest BCUT2D eigenvalue weighted by molar-refractivity contribution is 0.0946. The molecule has 1 unspecified atom stereocenters. The molecule has 1 amide bonds. The molecule has 0 saturated carbocycles. The highest BCUT2D eigenvalue weighted by Gasteiger charge is 2.16. The minimum Gasteiger partial charge on any atom is -0.351 e. The average Bonchev–Trinajstić information content (AvgIpc) is 2.93. The van der Waals surface area contributed by atoms with Gasteiger partial charge in [-0.3, -0.25) is 4.79 Å². The number of nitrogens with one attached hydrogen (secondary N) is 1. The highest BCUT2D eigenvalue weighted by Crippen LogP contribution is 2.17. The minimum absolute atomic E-state index is 0.0283. The normalized spacial score (nSPS) is 12.2. The molecule has 0 bridgehead atoms. The Morgan fingerprint density at radius 3 is 2.95 bits per heavy atom. The zero-order valence-electron chi connectivity index (χ0n) is 10.2. The SMILES string of the molecule is CC(CNC(=O)c1cccc(F)c1F)c1nccs1. The van der Waals surface area contributed by atoms with Crippen molar-refractivity contribution in [2.45, 2.75) is 12.8 Å². The number of carbonyl (C=O) groups excluding carboxylic acids is 1. The maximum atomic E-state index is 13.4. The first-order chi connectivity index (χ1) is 9.09. The van der Waals surface area contributed by atoms with Gasteiger partial charge in [0.05, 0.1) is 10.6 Å². The Morgan fingerprint density at radius 1 is 1.47 bits per heavy atom. The number of benzene rings is 1. The molecular formula is C13H12F2N2OS. The van der Waals surface area contributed by atoms with Crippen molar-refractivity contribution in [2.24, 2.45) is 0 Å². The second-order valence-corrected chi connectivity index (χ2v) is 5.01. The van der Waals surface area contributed by atoms with Gasteiger partial charge in [0.2, 0.25) is 0 Å². The standard InChI is InChI=1S/C13H12F2N2OS/c1-8(13-16-5-6-19-13)7-17-12(18)9-3-2-4-10(14)11(9)15/h2-6,8H,7H2,1H3,(H,17,18). The van der Waals surface area contributed by atoms with E-state index in [-0.39, 0.29) is 11.5 Å². The summed E-state index contributed by atoms with van der Waals surface area (Å²) in [7, 11) is 0. The number of amides is 1. The summed E-state index contributed by atoms with van der Waals surface area (Å²) in [5.41, 5.74) is -0.286. The molecule has 1 heterocycles. The summed E-state index contributed by atoms with van der Waals surface area (Å²) in [6.07, 6.45) is 1.69. The van der Waals surface area contributed by atoms with E-state index >= 15 is 0 Å². The van der Waals surface area contributed by atoms with E-state index in [1.807, 2.05) is 12.3 Å². The summed E-state index contributed by atoms with van der Waals surface area (Å²) in [5, 5.41) is 5.31. The molecule has 3 nitrogen and oxygen atoms in total. The fraction of sp³-hybridized carbons (Fsp3) is 0.231. The number of hydrogen-bond acceptors (Lipinski definition) is 3. The van der Waals surface area contributed by atoms with Crippen LogP contribution in [0.3, 0.4) is 0 Å². The van der Waals surface area contributed by atoms with Gasteiger partial charge in [0.25, 0.3) is 5.91 Å². The molecule has 1 atom stereocenters. The van der Waals surface area contributed by atoms with Gasteiger partial charge < -0.3 is 5.32 Å². The van der Waals surface area contributed by atoms with Gasteiger partial charge in [-0.05, 0) is 12.1 Å². The molecule has 100 valence electrons. The third-order valence-corrected chi connectivity index (χ3v) is 3.65. The van der Waals surface area contributed by atoms with Gasteiger partial charge in [0.15, 0.2) is 11.6 Å². The van der Waals surface area contributed by atoms with Crippen molar-refractivity contribution in [1.29, 1.82) is 0 Å². The molecule has 1 aromatic heterocycles. The molecule has 0 radical (unpaired) electrons. The third-order valence-electron chi connectivity index (χ3n) is 2.64. The molecule has 0 aliphatic heterocycles. The second kappa shape index (κ2) is 5.88. The van der Waals surface area contributed by atoms with Gasteiger partial charge in [-0.25, -0.2) is 13.8 Å². The number of aromatic nitrogens is 1. The van der Waals surface area contributed by atoms with Gasteiger partial charge in [0, 0.05) is 24.0 Å². The predicted octanol–water partition coefficient (Wildman–Crippen LogP) is 2.95. The molecular weight excluding hydrogens is 270 g/mol. The predicted molar refractivity (Wildman–Crippen MR) is 69.2 cm³/mol. The number of thiazole rings is 1. The molecule has 0 fully saturated rings. The van der Waals surface area contributed by atoms with Crippen LogP contribution in [0.15, 0.2) is 29.8 Å². The van der Waals surface area contributed by atoms with Crippen LogP contribution < -0.4 is 5.32 Å². The lowest BCUT2D eigenvalue weighted by Crippen LogP contribution is -2.28. The molecule has 1 aromatic carbocycles. The molecule has 0 spiro atoms. The molecule has 0 saturated heterocycles. The zero-order chi connectivity index (χ0) is 13.8.